The lowest BCUT2D eigenvalue weighted by molar-refractivity contribution is 0.171. The molecule has 1 aliphatic carbocycles. The fourth-order valence-corrected chi connectivity index (χ4v) is 2.16. The van der Waals surface area contributed by atoms with Gasteiger partial charge in [-0.05, 0) is 32.7 Å². The predicted molar refractivity (Wildman–Crippen MR) is 56.0 cm³/mol. The molecule has 2 N–H and O–H groups in total. The molecule has 0 bridgehead atoms. The van der Waals surface area contributed by atoms with Gasteiger partial charge in [0, 0.05) is 12.1 Å². The van der Waals surface area contributed by atoms with Crippen LogP contribution in [0.3, 0.4) is 0 Å². The van der Waals surface area contributed by atoms with Crippen LogP contribution in [0.15, 0.2) is 10.9 Å². The molecule has 1 heterocycles. The summed E-state index contributed by atoms with van der Waals surface area (Å²) in [5.74, 6) is 0.757. The summed E-state index contributed by atoms with van der Waals surface area (Å²) >= 11 is 0. The molecular weight excluding hydrogens is 192 g/mol. The summed E-state index contributed by atoms with van der Waals surface area (Å²) in [4.78, 5) is 6.31. The molecule has 0 aromatic carbocycles. The standard InChI is InChI=1S/C10H18N4O/c1-14(6-10-12-7-15-13-10)9-4-2-8(11)3-5-9/h7-9H,2-6,11H2,1H3. The van der Waals surface area contributed by atoms with Gasteiger partial charge in [-0.2, -0.15) is 4.98 Å². The van der Waals surface area contributed by atoms with E-state index in [2.05, 4.69) is 22.1 Å². The van der Waals surface area contributed by atoms with E-state index in [1.54, 1.807) is 0 Å². The van der Waals surface area contributed by atoms with Crippen molar-refractivity contribution in [3.63, 3.8) is 0 Å². The first-order chi connectivity index (χ1) is 7.25. The van der Waals surface area contributed by atoms with Gasteiger partial charge in [-0.1, -0.05) is 5.16 Å². The molecule has 1 aromatic rings. The number of hydrogen-bond donors (Lipinski definition) is 1. The van der Waals surface area contributed by atoms with Gasteiger partial charge in [0.05, 0.1) is 6.54 Å². The van der Waals surface area contributed by atoms with E-state index in [9.17, 15) is 0 Å². The summed E-state index contributed by atoms with van der Waals surface area (Å²) in [5, 5.41) is 3.81. The summed E-state index contributed by atoms with van der Waals surface area (Å²) in [7, 11) is 2.11. The molecule has 0 amide bonds. The maximum atomic E-state index is 5.87. The zero-order valence-electron chi connectivity index (χ0n) is 9.09. The smallest absolute Gasteiger partial charge is 0.213 e. The van der Waals surface area contributed by atoms with Crippen molar-refractivity contribution in [2.24, 2.45) is 5.73 Å². The number of nitrogens with zero attached hydrogens (tertiary/aromatic N) is 3. The van der Waals surface area contributed by atoms with Crippen LogP contribution in [0.4, 0.5) is 0 Å². The van der Waals surface area contributed by atoms with Crippen LogP contribution in [0, 0.1) is 0 Å². The molecule has 2 rings (SSSR count). The van der Waals surface area contributed by atoms with Gasteiger partial charge in [0.1, 0.15) is 0 Å². The quantitative estimate of drug-likeness (QED) is 0.798. The Morgan fingerprint density at radius 3 is 2.80 bits per heavy atom. The van der Waals surface area contributed by atoms with Crippen molar-refractivity contribution < 1.29 is 4.52 Å². The molecule has 0 atom stereocenters. The Balaban J connectivity index is 1.83. The van der Waals surface area contributed by atoms with Crippen LogP contribution < -0.4 is 5.73 Å². The number of aromatic nitrogens is 2. The third kappa shape index (κ3) is 2.76. The van der Waals surface area contributed by atoms with Gasteiger partial charge >= 0.3 is 0 Å². The van der Waals surface area contributed by atoms with Crippen LogP contribution in [0.25, 0.3) is 0 Å². The average Bonchev–Trinajstić information content (AvgIpc) is 2.71. The molecule has 0 saturated heterocycles. The van der Waals surface area contributed by atoms with Gasteiger partial charge < -0.3 is 10.3 Å². The molecule has 0 radical (unpaired) electrons. The Kier molecular flexibility index (Phi) is 3.33. The Hall–Kier alpha value is -0.940. The Morgan fingerprint density at radius 1 is 1.47 bits per heavy atom. The molecule has 1 saturated carbocycles. The number of hydrogen-bond acceptors (Lipinski definition) is 5. The van der Waals surface area contributed by atoms with E-state index in [1.807, 2.05) is 0 Å². The first-order valence-corrected chi connectivity index (χ1v) is 5.47. The van der Waals surface area contributed by atoms with Crippen molar-refractivity contribution in [3.8, 4) is 0 Å². The predicted octanol–water partition coefficient (Wildman–Crippen LogP) is 0.771. The highest BCUT2D eigenvalue weighted by Gasteiger charge is 2.22. The fourth-order valence-electron chi connectivity index (χ4n) is 2.16. The molecule has 15 heavy (non-hydrogen) atoms. The minimum atomic E-state index is 0.403. The van der Waals surface area contributed by atoms with Gasteiger partial charge in [-0.15, -0.1) is 0 Å². The fraction of sp³-hybridized carbons (Fsp3) is 0.800. The molecule has 5 heteroatoms. The largest absolute Gasteiger partial charge is 0.343 e. The summed E-state index contributed by atoms with van der Waals surface area (Å²) in [6.07, 6.45) is 5.98. The van der Waals surface area contributed by atoms with E-state index < -0.39 is 0 Å². The third-order valence-corrected chi connectivity index (χ3v) is 3.16. The molecule has 1 aliphatic rings. The first kappa shape index (κ1) is 10.6. The molecule has 0 unspecified atom stereocenters. The first-order valence-electron chi connectivity index (χ1n) is 5.47. The normalized spacial score (nSPS) is 27.1. The van der Waals surface area contributed by atoms with Crippen molar-refractivity contribution >= 4 is 0 Å². The van der Waals surface area contributed by atoms with E-state index in [0.717, 1.165) is 25.2 Å². The lowest BCUT2D eigenvalue weighted by Gasteiger charge is -2.32. The van der Waals surface area contributed by atoms with Crippen LogP contribution in [-0.2, 0) is 6.54 Å². The molecule has 1 aromatic heterocycles. The van der Waals surface area contributed by atoms with E-state index in [-0.39, 0.29) is 0 Å². The highest BCUT2D eigenvalue weighted by molar-refractivity contribution is 4.84. The van der Waals surface area contributed by atoms with E-state index in [1.165, 1.54) is 19.2 Å². The van der Waals surface area contributed by atoms with Crippen molar-refractivity contribution in [1.29, 1.82) is 0 Å². The van der Waals surface area contributed by atoms with Crippen LogP contribution in [0.2, 0.25) is 0 Å². The zero-order valence-corrected chi connectivity index (χ0v) is 9.09. The average molecular weight is 210 g/mol. The lowest BCUT2D eigenvalue weighted by atomic mass is 9.91. The van der Waals surface area contributed by atoms with Gasteiger partial charge in [0.2, 0.25) is 6.39 Å². The van der Waals surface area contributed by atoms with Gasteiger partial charge in [-0.3, -0.25) is 4.90 Å². The second-order valence-corrected chi connectivity index (χ2v) is 4.33. The van der Waals surface area contributed by atoms with Crippen molar-refractivity contribution in [3.05, 3.63) is 12.2 Å². The molecule has 5 nitrogen and oxygen atoms in total. The van der Waals surface area contributed by atoms with Crippen LogP contribution >= 0.6 is 0 Å². The molecule has 1 fully saturated rings. The van der Waals surface area contributed by atoms with Crippen LogP contribution in [0.1, 0.15) is 31.5 Å². The van der Waals surface area contributed by atoms with Gasteiger partial charge in [0.15, 0.2) is 5.82 Å². The summed E-state index contributed by atoms with van der Waals surface area (Å²) in [6.45, 7) is 0.760. The highest BCUT2D eigenvalue weighted by Crippen LogP contribution is 2.21. The summed E-state index contributed by atoms with van der Waals surface area (Å²) < 4.78 is 4.71. The van der Waals surface area contributed by atoms with Crippen LogP contribution in [0.5, 0.6) is 0 Å². The summed E-state index contributed by atoms with van der Waals surface area (Å²) in [5.41, 5.74) is 5.87. The van der Waals surface area contributed by atoms with E-state index in [0.29, 0.717) is 12.1 Å². The second kappa shape index (κ2) is 4.72. The van der Waals surface area contributed by atoms with Gasteiger partial charge in [0.25, 0.3) is 0 Å². The second-order valence-electron chi connectivity index (χ2n) is 4.33. The SMILES string of the molecule is CN(Cc1ncon1)C1CCC(N)CC1. The number of rotatable bonds is 3. The highest BCUT2D eigenvalue weighted by atomic mass is 16.5. The van der Waals surface area contributed by atoms with Crippen LogP contribution in [-0.4, -0.2) is 34.2 Å². The number of nitrogens with two attached hydrogens (primary N) is 1. The lowest BCUT2D eigenvalue weighted by Crippen LogP contribution is -2.38. The monoisotopic (exact) mass is 210 g/mol. The zero-order chi connectivity index (χ0) is 10.7. The van der Waals surface area contributed by atoms with E-state index >= 15 is 0 Å². The molecule has 84 valence electrons. The van der Waals surface area contributed by atoms with E-state index in [4.69, 9.17) is 10.3 Å². The maximum Gasteiger partial charge on any atom is 0.213 e. The Morgan fingerprint density at radius 2 is 2.20 bits per heavy atom. The molecule has 0 spiro atoms. The Bertz CT molecular complexity index is 280. The van der Waals surface area contributed by atoms with Crippen molar-refractivity contribution in [2.75, 3.05) is 7.05 Å². The van der Waals surface area contributed by atoms with Gasteiger partial charge in [-0.25, -0.2) is 0 Å². The Labute approximate surface area is 89.6 Å². The minimum absolute atomic E-state index is 0.403. The van der Waals surface area contributed by atoms with Crippen molar-refractivity contribution in [1.82, 2.24) is 15.0 Å². The summed E-state index contributed by atoms with van der Waals surface area (Å²) in [6, 6.07) is 1.02. The topological polar surface area (TPSA) is 68.2 Å². The maximum absolute atomic E-state index is 5.87. The molecule has 0 aliphatic heterocycles. The minimum Gasteiger partial charge on any atom is -0.343 e. The third-order valence-electron chi connectivity index (χ3n) is 3.16. The molecular formula is C10H18N4O. The van der Waals surface area contributed by atoms with Crippen molar-refractivity contribution in [2.45, 2.75) is 44.3 Å².